The van der Waals surface area contributed by atoms with E-state index in [1.165, 1.54) is 5.56 Å². The fourth-order valence-corrected chi connectivity index (χ4v) is 4.80. The van der Waals surface area contributed by atoms with Crippen LogP contribution in [0.25, 0.3) is 11.4 Å². The van der Waals surface area contributed by atoms with E-state index in [0.29, 0.717) is 12.2 Å². The molecule has 3 heterocycles. The van der Waals surface area contributed by atoms with Crippen LogP contribution >= 0.6 is 0 Å². The van der Waals surface area contributed by atoms with Gasteiger partial charge in [-0.15, -0.1) is 0 Å². The maximum absolute atomic E-state index is 13.1. The molecule has 0 radical (unpaired) electrons. The number of carbonyl (C=O) groups is 1. The summed E-state index contributed by atoms with van der Waals surface area (Å²) in [4.78, 5) is 24.7. The van der Waals surface area contributed by atoms with Gasteiger partial charge in [-0.05, 0) is 44.2 Å². The van der Waals surface area contributed by atoms with Crippen LogP contribution in [-0.2, 0) is 18.9 Å². The molecule has 1 amide bonds. The highest BCUT2D eigenvalue weighted by Gasteiger charge is 2.45. The number of aromatic nitrogens is 4. The minimum Gasteiger partial charge on any atom is -0.336 e. The van der Waals surface area contributed by atoms with E-state index in [2.05, 4.69) is 10.1 Å². The molecule has 1 unspecified atom stereocenters. The van der Waals surface area contributed by atoms with Crippen molar-refractivity contribution in [1.29, 1.82) is 0 Å². The molecule has 1 atom stereocenters. The van der Waals surface area contributed by atoms with Gasteiger partial charge in [0.05, 0.1) is 5.69 Å². The standard InChI is InChI=1S/C23H25N5O/c1-16-13-19(26-27(16)2)22(29)28-12-6-10-23(15-28)11-9-18-14-24-21(25-20(18)23)17-7-4-3-5-8-17/h3-5,7-8,13-14H,6,9-12,15H2,1-2H3. The Kier molecular flexibility index (Phi) is 4.23. The molecule has 2 aromatic heterocycles. The zero-order chi connectivity index (χ0) is 20.0. The third kappa shape index (κ3) is 3.03. The van der Waals surface area contributed by atoms with Crippen molar-refractivity contribution in [2.75, 3.05) is 13.1 Å². The molecule has 2 aliphatic rings. The molecular formula is C23H25N5O. The van der Waals surface area contributed by atoms with Crippen LogP contribution < -0.4 is 0 Å². The van der Waals surface area contributed by atoms with Crippen molar-refractivity contribution in [2.45, 2.75) is 38.0 Å². The highest BCUT2D eigenvalue weighted by atomic mass is 16.2. The summed E-state index contributed by atoms with van der Waals surface area (Å²) in [6, 6.07) is 12.0. The summed E-state index contributed by atoms with van der Waals surface area (Å²) in [5, 5.41) is 4.40. The van der Waals surface area contributed by atoms with Crippen LogP contribution in [0.2, 0.25) is 0 Å². The zero-order valence-corrected chi connectivity index (χ0v) is 16.9. The van der Waals surface area contributed by atoms with Gasteiger partial charge in [0.2, 0.25) is 0 Å². The number of rotatable bonds is 2. The summed E-state index contributed by atoms with van der Waals surface area (Å²) < 4.78 is 1.76. The first-order valence-electron chi connectivity index (χ1n) is 10.3. The molecule has 5 rings (SSSR count). The average molecular weight is 387 g/mol. The van der Waals surface area contributed by atoms with Crippen LogP contribution in [-0.4, -0.2) is 43.6 Å². The molecule has 1 fully saturated rings. The monoisotopic (exact) mass is 387 g/mol. The van der Waals surface area contributed by atoms with Gasteiger partial charge < -0.3 is 4.90 Å². The van der Waals surface area contributed by atoms with E-state index >= 15 is 0 Å². The van der Waals surface area contributed by atoms with E-state index in [0.717, 1.165) is 55.0 Å². The lowest BCUT2D eigenvalue weighted by Gasteiger charge is -2.40. The maximum atomic E-state index is 13.1. The lowest BCUT2D eigenvalue weighted by atomic mass is 9.77. The number of benzene rings is 1. The van der Waals surface area contributed by atoms with E-state index in [1.807, 2.05) is 61.5 Å². The van der Waals surface area contributed by atoms with E-state index in [4.69, 9.17) is 4.98 Å². The fraction of sp³-hybridized carbons (Fsp3) is 0.391. The third-order valence-electron chi connectivity index (χ3n) is 6.47. The summed E-state index contributed by atoms with van der Waals surface area (Å²) >= 11 is 0. The molecule has 0 bridgehead atoms. The van der Waals surface area contributed by atoms with Crippen molar-refractivity contribution in [2.24, 2.45) is 7.05 Å². The lowest BCUT2D eigenvalue weighted by Crippen LogP contribution is -2.48. The molecule has 1 aliphatic carbocycles. The van der Waals surface area contributed by atoms with Gasteiger partial charge in [-0.1, -0.05) is 30.3 Å². The van der Waals surface area contributed by atoms with Crippen molar-refractivity contribution < 1.29 is 4.79 Å². The summed E-state index contributed by atoms with van der Waals surface area (Å²) in [6.45, 7) is 3.46. The molecule has 6 nitrogen and oxygen atoms in total. The Morgan fingerprint density at radius 2 is 2.00 bits per heavy atom. The molecule has 0 N–H and O–H groups in total. The fourth-order valence-electron chi connectivity index (χ4n) is 4.80. The number of piperidine rings is 1. The predicted octanol–water partition coefficient (Wildman–Crippen LogP) is 3.31. The highest BCUT2D eigenvalue weighted by Crippen LogP contribution is 2.44. The number of aryl methyl sites for hydroxylation is 3. The summed E-state index contributed by atoms with van der Waals surface area (Å²) in [5.41, 5.74) is 4.86. The SMILES string of the molecule is Cc1cc(C(=O)N2CCCC3(CCc4cnc(-c5ccccc5)nc43)C2)nn1C. The van der Waals surface area contributed by atoms with Crippen molar-refractivity contribution in [3.8, 4) is 11.4 Å². The molecule has 1 spiro atoms. The molecule has 1 saturated heterocycles. The van der Waals surface area contributed by atoms with E-state index in [-0.39, 0.29) is 11.3 Å². The van der Waals surface area contributed by atoms with E-state index < -0.39 is 0 Å². The Bertz CT molecular complexity index is 1050. The Morgan fingerprint density at radius 3 is 2.76 bits per heavy atom. The van der Waals surface area contributed by atoms with Gasteiger partial charge >= 0.3 is 0 Å². The number of hydrogen-bond donors (Lipinski definition) is 0. The number of amides is 1. The van der Waals surface area contributed by atoms with Crippen molar-refractivity contribution in [3.63, 3.8) is 0 Å². The minimum absolute atomic E-state index is 0.0264. The van der Waals surface area contributed by atoms with Gasteiger partial charge in [0.25, 0.3) is 5.91 Å². The van der Waals surface area contributed by atoms with Gasteiger partial charge in [-0.2, -0.15) is 5.10 Å². The third-order valence-corrected chi connectivity index (χ3v) is 6.47. The molecular weight excluding hydrogens is 362 g/mol. The van der Waals surface area contributed by atoms with Crippen LogP contribution in [0.3, 0.4) is 0 Å². The molecule has 1 aromatic carbocycles. The second-order valence-corrected chi connectivity index (χ2v) is 8.34. The van der Waals surface area contributed by atoms with Gasteiger partial charge in [0, 0.05) is 43.0 Å². The molecule has 6 heteroatoms. The molecule has 1 aliphatic heterocycles. The first kappa shape index (κ1) is 18.0. The van der Waals surface area contributed by atoms with Crippen molar-refractivity contribution >= 4 is 5.91 Å². The number of fused-ring (bicyclic) bond motifs is 2. The smallest absolute Gasteiger partial charge is 0.274 e. The van der Waals surface area contributed by atoms with Crippen LogP contribution in [0.1, 0.15) is 46.7 Å². The number of likely N-dealkylation sites (tertiary alicyclic amines) is 1. The first-order chi connectivity index (χ1) is 14.1. The van der Waals surface area contributed by atoms with Crippen LogP contribution in [0.4, 0.5) is 0 Å². The Balaban J connectivity index is 1.47. The zero-order valence-electron chi connectivity index (χ0n) is 16.9. The molecule has 148 valence electrons. The number of carbonyl (C=O) groups excluding carboxylic acids is 1. The van der Waals surface area contributed by atoms with Crippen molar-refractivity contribution in [3.05, 3.63) is 65.2 Å². The number of hydrogen-bond acceptors (Lipinski definition) is 4. The van der Waals surface area contributed by atoms with Gasteiger partial charge in [-0.3, -0.25) is 9.48 Å². The average Bonchev–Trinajstić information content (AvgIpc) is 3.28. The summed E-state index contributed by atoms with van der Waals surface area (Å²) in [7, 11) is 1.87. The van der Waals surface area contributed by atoms with Crippen molar-refractivity contribution in [1.82, 2.24) is 24.6 Å². The summed E-state index contributed by atoms with van der Waals surface area (Å²) in [6.07, 6.45) is 6.05. The quantitative estimate of drug-likeness (QED) is 0.677. The topological polar surface area (TPSA) is 63.9 Å². The normalized spacial score (nSPS) is 20.8. The maximum Gasteiger partial charge on any atom is 0.274 e. The van der Waals surface area contributed by atoms with Gasteiger partial charge in [0.1, 0.15) is 0 Å². The van der Waals surface area contributed by atoms with E-state index in [9.17, 15) is 4.79 Å². The highest BCUT2D eigenvalue weighted by molar-refractivity contribution is 5.92. The Morgan fingerprint density at radius 1 is 1.17 bits per heavy atom. The second-order valence-electron chi connectivity index (χ2n) is 8.34. The minimum atomic E-state index is -0.0699. The number of nitrogens with zero attached hydrogens (tertiary/aromatic N) is 5. The van der Waals surface area contributed by atoms with Crippen LogP contribution in [0.15, 0.2) is 42.6 Å². The second kappa shape index (κ2) is 6.79. The first-order valence-corrected chi connectivity index (χ1v) is 10.3. The van der Waals surface area contributed by atoms with Gasteiger partial charge in [-0.25, -0.2) is 9.97 Å². The van der Waals surface area contributed by atoms with Crippen LogP contribution in [0, 0.1) is 6.92 Å². The van der Waals surface area contributed by atoms with E-state index in [1.54, 1.807) is 4.68 Å². The predicted molar refractivity (Wildman–Crippen MR) is 111 cm³/mol. The van der Waals surface area contributed by atoms with Crippen LogP contribution in [0.5, 0.6) is 0 Å². The Labute approximate surface area is 170 Å². The Hall–Kier alpha value is -3.02. The molecule has 29 heavy (non-hydrogen) atoms. The molecule has 0 saturated carbocycles. The summed E-state index contributed by atoms with van der Waals surface area (Å²) in [5.74, 6) is 0.799. The largest absolute Gasteiger partial charge is 0.336 e. The molecule has 3 aromatic rings. The van der Waals surface area contributed by atoms with Gasteiger partial charge in [0.15, 0.2) is 11.5 Å². The lowest BCUT2D eigenvalue weighted by molar-refractivity contribution is 0.0627.